The van der Waals surface area contributed by atoms with Crippen LogP contribution in [0.4, 0.5) is 0 Å². The summed E-state index contributed by atoms with van der Waals surface area (Å²) in [6, 6.07) is 5.73. The van der Waals surface area contributed by atoms with Crippen molar-refractivity contribution in [3.8, 4) is 5.75 Å². The second-order valence-corrected chi connectivity index (χ2v) is 5.54. The average Bonchev–Trinajstić information content (AvgIpc) is 2.38. The zero-order chi connectivity index (χ0) is 13.0. The molecule has 2 nitrogen and oxygen atoms in total. The van der Waals surface area contributed by atoms with Gasteiger partial charge in [0.1, 0.15) is 5.75 Å². The van der Waals surface area contributed by atoms with Gasteiger partial charge >= 0.3 is 0 Å². The van der Waals surface area contributed by atoms with Crippen molar-refractivity contribution in [3.05, 3.63) is 28.8 Å². The van der Waals surface area contributed by atoms with E-state index in [4.69, 9.17) is 16.3 Å². The van der Waals surface area contributed by atoms with Gasteiger partial charge in [-0.25, -0.2) is 0 Å². The summed E-state index contributed by atoms with van der Waals surface area (Å²) in [5, 5.41) is 10.7. The molecule has 1 saturated carbocycles. The summed E-state index contributed by atoms with van der Waals surface area (Å²) in [5.41, 5.74) is 1.14. The Kier molecular flexibility index (Phi) is 4.90. The fourth-order valence-corrected chi connectivity index (χ4v) is 3.00. The van der Waals surface area contributed by atoms with Crippen LogP contribution < -0.4 is 4.74 Å². The van der Waals surface area contributed by atoms with Crippen molar-refractivity contribution in [2.45, 2.75) is 44.6 Å². The van der Waals surface area contributed by atoms with E-state index >= 15 is 0 Å². The Morgan fingerprint density at radius 1 is 1.33 bits per heavy atom. The molecule has 18 heavy (non-hydrogen) atoms. The predicted molar refractivity (Wildman–Crippen MR) is 74.3 cm³/mol. The van der Waals surface area contributed by atoms with Gasteiger partial charge in [-0.05, 0) is 55.4 Å². The minimum Gasteiger partial charge on any atom is -0.496 e. The molecule has 0 radical (unpaired) electrons. The van der Waals surface area contributed by atoms with Crippen LogP contribution in [0.2, 0.25) is 5.02 Å². The number of aryl methyl sites for hydroxylation is 1. The zero-order valence-electron chi connectivity index (χ0n) is 10.9. The Labute approximate surface area is 114 Å². The van der Waals surface area contributed by atoms with Gasteiger partial charge in [-0.3, -0.25) is 0 Å². The summed E-state index contributed by atoms with van der Waals surface area (Å²) in [6.45, 7) is 0. The van der Waals surface area contributed by atoms with Crippen LogP contribution in [-0.4, -0.2) is 18.3 Å². The maximum absolute atomic E-state index is 9.97. The van der Waals surface area contributed by atoms with Crippen LogP contribution in [0.15, 0.2) is 18.2 Å². The quantitative estimate of drug-likeness (QED) is 0.899. The topological polar surface area (TPSA) is 29.5 Å². The molecule has 100 valence electrons. The van der Waals surface area contributed by atoms with Crippen molar-refractivity contribution in [3.63, 3.8) is 0 Å². The zero-order valence-corrected chi connectivity index (χ0v) is 11.6. The number of aliphatic hydroxyl groups is 1. The summed E-state index contributed by atoms with van der Waals surface area (Å²) in [5.74, 6) is 1.33. The number of rotatable bonds is 4. The second-order valence-electron chi connectivity index (χ2n) is 5.11. The van der Waals surface area contributed by atoms with Crippen molar-refractivity contribution in [2.75, 3.05) is 7.11 Å². The van der Waals surface area contributed by atoms with Crippen LogP contribution >= 0.6 is 11.6 Å². The summed E-state index contributed by atoms with van der Waals surface area (Å²) < 4.78 is 5.35. The first-order valence-electron chi connectivity index (χ1n) is 6.71. The molecule has 0 bridgehead atoms. The third kappa shape index (κ3) is 3.39. The molecule has 0 aromatic heterocycles. The van der Waals surface area contributed by atoms with Crippen molar-refractivity contribution in [2.24, 2.45) is 5.92 Å². The fourth-order valence-electron chi connectivity index (χ4n) is 2.81. The van der Waals surface area contributed by atoms with Gasteiger partial charge in [0.2, 0.25) is 0 Å². The molecule has 1 aliphatic rings. The Hall–Kier alpha value is -0.730. The molecular weight excluding hydrogens is 248 g/mol. The second kappa shape index (κ2) is 6.44. The Morgan fingerprint density at radius 2 is 2.11 bits per heavy atom. The molecule has 2 atom stereocenters. The Bertz CT molecular complexity index is 392. The SMILES string of the molecule is COc1ccc(Cl)cc1CCC1CCCCC1O. The molecule has 0 spiro atoms. The van der Waals surface area contributed by atoms with Crippen molar-refractivity contribution >= 4 is 11.6 Å². The molecule has 1 fully saturated rings. The molecule has 0 aliphatic heterocycles. The highest BCUT2D eigenvalue weighted by atomic mass is 35.5. The lowest BCUT2D eigenvalue weighted by Gasteiger charge is -2.27. The third-order valence-corrected chi connectivity index (χ3v) is 4.13. The normalized spacial score (nSPS) is 23.9. The summed E-state index contributed by atoms with van der Waals surface area (Å²) in [7, 11) is 1.68. The van der Waals surface area contributed by atoms with E-state index in [1.807, 2.05) is 18.2 Å². The molecule has 0 amide bonds. The number of ether oxygens (including phenoxy) is 1. The monoisotopic (exact) mass is 268 g/mol. The van der Waals surface area contributed by atoms with Gasteiger partial charge in [-0.1, -0.05) is 24.4 Å². The van der Waals surface area contributed by atoms with Crippen LogP contribution in [0.5, 0.6) is 5.75 Å². The highest BCUT2D eigenvalue weighted by molar-refractivity contribution is 6.30. The predicted octanol–water partition coefficient (Wildman–Crippen LogP) is 3.83. The van der Waals surface area contributed by atoms with E-state index in [0.29, 0.717) is 5.92 Å². The molecule has 2 rings (SSSR count). The smallest absolute Gasteiger partial charge is 0.122 e. The van der Waals surface area contributed by atoms with Gasteiger partial charge in [0.05, 0.1) is 13.2 Å². The fraction of sp³-hybridized carbons (Fsp3) is 0.600. The lowest BCUT2D eigenvalue weighted by Crippen LogP contribution is -2.24. The van der Waals surface area contributed by atoms with Gasteiger partial charge in [0.15, 0.2) is 0 Å². The third-order valence-electron chi connectivity index (χ3n) is 3.90. The molecule has 2 unspecified atom stereocenters. The van der Waals surface area contributed by atoms with Gasteiger partial charge in [-0.15, -0.1) is 0 Å². The van der Waals surface area contributed by atoms with E-state index in [2.05, 4.69) is 0 Å². The van der Waals surface area contributed by atoms with Crippen LogP contribution in [0, 0.1) is 5.92 Å². The van der Waals surface area contributed by atoms with Crippen LogP contribution in [-0.2, 0) is 6.42 Å². The Balaban J connectivity index is 1.98. The maximum atomic E-state index is 9.97. The highest BCUT2D eigenvalue weighted by Gasteiger charge is 2.22. The number of aliphatic hydroxyl groups excluding tert-OH is 1. The molecule has 1 aromatic rings. The minimum absolute atomic E-state index is 0.121. The van der Waals surface area contributed by atoms with E-state index in [1.54, 1.807) is 7.11 Å². The van der Waals surface area contributed by atoms with Gasteiger partial charge < -0.3 is 9.84 Å². The molecule has 0 saturated heterocycles. The average molecular weight is 269 g/mol. The first kappa shape index (κ1) is 13.7. The highest BCUT2D eigenvalue weighted by Crippen LogP contribution is 2.30. The van der Waals surface area contributed by atoms with E-state index in [9.17, 15) is 5.11 Å². The summed E-state index contributed by atoms with van der Waals surface area (Å²) in [6.07, 6.45) is 6.32. The molecule has 1 aromatic carbocycles. The van der Waals surface area contributed by atoms with Crippen molar-refractivity contribution < 1.29 is 9.84 Å². The van der Waals surface area contributed by atoms with Gasteiger partial charge in [0.25, 0.3) is 0 Å². The lowest BCUT2D eigenvalue weighted by atomic mass is 9.83. The number of hydrogen-bond acceptors (Lipinski definition) is 2. The van der Waals surface area contributed by atoms with Gasteiger partial charge in [-0.2, -0.15) is 0 Å². The maximum Gasteiger partial charge on any atom is 0.122 e. The van der Waals surface area contributed by atoms with E-state index in [1.165, 1.54) is 6.42 Å². The Morgan fingerprint density at radius 3 is 2.83 bits per heavy atom. The van der Waals surface area contributed by atoms with Crippen molar-refractivity contribution in [1.82, 2.24) is 0 Å². The summed E-state index contributed by atoms with van der Waals surface area (Å²) >= 11 is 6.02. The van der Waals surface area contributed by atoms with E-state index in [-0.39, 0.29) is 6.10 Å². The molecule has 1 N–H and O–H groups in total. The minimum atomic E-state index is -0.121. The molecular formula is C15H21ClO2. The lowest BCUT2D eigenvalue weighted by molar-refractivity contribution is 0.0654. The van der Waals surface area contributed by atoms with Crippen LogP contribution in [0.25, 0.3) is 0 Å². The molecule has 1 aliphatic carbocycles. The van der Waals surface area contributed by atoms with E-state index in [0.717, 1.165) is 48.4 Å². The first-order chi connectivity index (χ1) is 8.70. The largest absolute Gasteiger partial charge is 0.496 e. The number of methoxy groups -OCH3 is 1. The summed E-state index contributed by atoms with van der Waals surface area (Å²) in [4.78, 5) is 0. The first-order valence-corrected chi connectivity index (χ1v) is 7.09. The van der Waals surface area contributed by atoms with Crippen molar-refractivity contribution in [1.29, 1.82) is 0 Å². The molecule has 3 heteroatoms. The number of benzene rings is 1. The standard InChI is InChI=1S/C15H21ClO2/c1-18-15-9-8-13(16)10-12(15)7-6-11-4-2-3-5-14(11)17/h8-11,14,17H,2-7H2,1H3. The van der Waals surface area contributed by atoms with Crippen LogP contribution in [0.1, 0.15) is 37.7 Å². The van der Waals surface area contributed by atoms with Crippen LogP contribution in [0.3, 0.4) is 0 Å². The molecule has 0 heterocycles. The van der Waals surface area contributed by atoms with E-state index < -0.39 is 0 Å². The number of halogens is 1. The number of hydrogen-bond donors (Lipinski definition) is 1. The van der Waals surface area contributed by atoms with Gasteiger partial charge in [0, 0.05) is 5.02 Å².